The Kier molecular flexibility index (Phi) is 10.8. The summed E-state index contributed by atoms with van der Waals surface area (Å²) in [6, 6.07) is 18.4. The molecule has 2 aromatic carbocycles. The normalized spacial score (nSPS) is 17.9. The van der Waals surface area contributed by atoms with Gasteiger partial charge in [-0.15, -0.1) is 0 Å². The van der Waals surface area contributed by atoms with Crippen LogP contribution in [-0.2, 0) is 12.8 Å². The van der Waals surface area contributed by atoms with Crippen LogP contribution in [0.3, 0.4) is 0 Å². The van der Waals surface area contributed by atoms with Gasteiger partial charge in [-0.05, 0) is 92.3 Å². The number of rotatable bonds is 12. The van der Waals surface area contributed by atoms with E-state index >= 15 is 0 Å². The van der Waals surface area contributed by atoms with Crippen LogP contribution < -0.4 is 10.6 Å². The van der Waals surface area contributed by atoms with Gasteiger partial charge in [0.25, 0.3) is 0 Å². The molecule has 1 aliphatic rings. The molecule has 1 heterocycles. The van der Waals surface area contributed by atoms with Gasteiger partial charge in [-0.3, -0.25) is 4.90 Å². The first-order valence-corrected chi connectivity index (χ1v) is 13.8. The fourth-order valence-corrected chi connectivity index (χ4v) is 5.30. The number of aryl methyl sites for hydroxylation is 2. The minimum atomic E-state index is 0.280. The van der Waals surface area contributed by atoms with E-state index in [2.05, 4.69) is 73.9 Å². The molecule has 3 nitrogen and oxygen atoms in total. The van der Waals surface area contributed by atoms with Crippen molar-refractivity contribution in [3.8, 4) is 0 Å². The molecule has 4 heteroatoms. The lowest BCUT2D eigenvalue weighted by Gasteiger charge is -2.42. The van der Waals surface area contributed by atoms with Gasteiger partial charge < -0.3 is 10.6 Å². The van der Waals surface area contributed by atoms with Crippen LogP contribution >= 0.6 is 11.6 Å². The van der Waals surface area contributed by atoms with Crippen LogP contribution in [0.15, 0.2) is 48.5 Å². The van der Waals surface area contributed by atoms with E-state index in [9.17, 15) is 0 Å². The average molecular weight is 484 g/mol. The van der Waals surface area contributed by atoms with Crippen molar-refractivity contribution in [1.29, 1.82) is 0 Å². The SMILES string of the molecule is CC(C)CCN(c1ccc(CCc2ccc(Cl)cc2)cc1)C1CCCN(CC(N)CC(C)C)C1. The molecule has 34 heavy (non-hydrogen) atoms. The van der Waals surface area contributed by atoms with Crippen molar-refractivity contribution >= 4 is 17.3 Å². The fourth-order valence-electron chi connectivity index (χ4n) is 5.18. The van der Waals surface area contributed by atoms with Gasteiger partial charge in [-0.1, -0.05) is 63.6 Å². The first-order chi connectivity index (χ1) is 16.3. The second kappa shape index (κ2) is 13.5. The van der Waals surface area contributed by atoms with E-state index in [1.54, 1.807) is 0 Å². The molecule has 0 aromatic heterocycles. The van der Waals surface area contributed by atoms with E-state index in [1.807, 2.05) is 12.1 Å². The van der Waals surface area contributed by atoms with Gasteiger partial charge in [-0.2, -0.15) is 0 Å². The number of hydrogen-bond acceptors (Lipinski definition) is 3. The lowest BCUT2D eigenvalue weighted by Crippen LogP contribution is -2.51. The standard InChI is InChI=1S/C30H46ClN3/c1-23(2)17-19-34(30-6-5-18-33(22-30)21-28(32)20-24(3)4)29-15-11-26(12-16-29)8-7-25-9-13-27(31)14-10-25/h9-16,23-24,28,30H,5-8,17-22,32H2,1-4H3. The number of anilines is 1. The van der Waals surface area contributed by atoms with Crippen LogP contribution in [0.1, 0.15) is 64.5 Å². The second-order valence-electron chi connectivity index (χ2n) is 11.1. The summed E-state index contributed by atoms with van der Waals surface area (Å²) >= 11 is 6.02. The van der Waals surface area contributed by atoms with Crippen LogP contribution in [-0.4, -0.2) is 43.2 Å². The molecule has 2 aromatic rings. The molecule has 2 atom stereocenters. The molecule has 2 unspecified atom stereocenters. The van der Waals surface area contributed by atoms with E-state index in [0.29, 0.717) is 17.9 Å². The summed E-state index contributed by atoms with van der Waals surface area (Å²) in [5, 5.41) is 0.803. The van der Waals surface area contributed by atoms with E-state index in [0.717, 1.165) is 43.9 Å². The summed E-state index contributed by atoms with van der Waals surface area (Å²) in [4.78, 5) is 5.30. The molecular formula is C30H46ClN3. The van der Waals surface area contributed by atoms with Gasteiger partial charge in [0.2, 0.25) is 0 Å². The minimum Gasteiger partial charge on any atom is -0.367 e. The molecule has 1 aliphatic heterocycles. The highest BCUT2D eigenvalue weighted by atomic mass is 35.5. The molecular weight excluding hydrogens is 438 g/mol. The summed E-state index contributed by atoms with van der Waals surface area (Å²) < 4.78 is 0. The Morgan fingerprint density at radius 2 is 1.56 bits per heavy atom. The van der Waals surface area contributed by atoms with Gasteiger partial charge in [0.05, 0.1) is 0 Å². The minimum absolute atomic E-state index is 0.280. The number of hydrogen-bond donors (Lipinski definition) is 1. The van der Waals surface area contributed by atoms with Crippen LogP contribution in [0.25, 0.3) is 0 Å². The molecule has 2 N–H and O–H groups in total. The highest BCUT2D eigenvalue weighted by molar-refractivity contribution is 6.30. The van der Waals surface area contributed by atoms with E-state index < -0.39 is 0 Å². The van der Waals surface area contributed by atoms with E-state index in [-0.39, 0.29) is 6.04 Å². The molecule has 0 bridgehead atoms. The quantitative estimate of drug-likeness (QED) is 0.359. The number of nitrogens with two attached hydrogens (primary N) is 1. The summed E-state index contributed by atoms with van der Waals surface area (Å²) in [5.41, 5.74) is 10.6. The third-order valence-corrected chi connectivity index (χ3v) is 7.27. The number of halogens is 1. The third-order valence-electron chi connectivity index (χ3n) is 7.02. The van der Waals surface area contributed by atoms with Crippen LogP contribution in [0.2, 0.25) is 5.02 Å². The maximum atomic E-state index is 6.47. The molecule has 0 amide bonds. The topological polar surface area (TPSA) is 32.5 Å². The lowest BCUT2D eigenvalue weighted by molar-refractivity contribution is 0.187. The highest BCUT2D eigenvalue weighted by Gasteiger charge is 2.26. The molecule has 1 fully saturated rings. The number of piperidine rings is 1. The molecule has 0 saturated carbocycles. The maximum absolute atomic E-state index is 6.47. The summed E-state index contributed by atoms with van der Waals surface area (Å²) in [6.45, 7) is 13.7. The zero-order valence-corrected chi connectivity index (χ0v) is 22.6. The van der Waals surface area contributed by atoms with Crippen molar-refractivity contribution in [3.63, 3.8) is 0 Å². The third kappa shape index (κ3) is 8.91. The first kappa shape index (κ1) is 27.0. The molecule has 188 valence electrons. The van der Waals surface area contributed by atoms with E-state index in [1.165, 1.54) is 42.6 Å². The number of benzene rings is 2. The number of nitrogens with zero attached hydrogens (tertiary/aromatic N) is 2. The highest BCUT2D eigenvalue weighted by Crippen LogP contribution is 2.25. The predicted octanol–water partition coefficient (Wildman–Crippen LogP) is 6.82. The molecule has 0 radical (unpaired) electrons. The van der Waals surface area contributed by atoms with Crippen molar-refractivity contribution in [2.45, 2.75) is 78.3 Å². The molecule has 3 rings (SSSR count). The van der Waals surface area contributed by atoms with Crippen molar-refractivity contribution in [2.75, 3.05) is 31.1 Å². The monoisotopic (exact) mass is 483 g/mol. The van der Waals surface area contributed by atoms with Crippen molar-refractivity contribution in [3.05, 3.63) is 64.7 Å². The Bertz CT molecular complexity index is 831. The summed E-state index contributed by atoms with van der Waals surface area (Å²) in [5.74, 6) is 1.37. The maximum Gasteiger partial charge on any atom is 0.0417 e. The Balaban J connectivity index is 1.64. The Labute approximate surface area is 213 Å². The first-order valence-electron chi connectivity index (χ1n) is 13.4. The Hall–Kier alpha value is -1.55. The summed E-state index contributed by atoms with van der Waals surface area (Å²) in [7, 11) is 0. The predicted molar refractivity (Wildman–Crippen MR) is 149 cm³/mol. The van der Waals surface area contributed by atoms with Gasteiger partial charge >= 0.3 is 0 Å². The van der Waals surface area contributed by atoms with Crippen molar-refractivity contribution in [1.82, 2.24) is 4.90 Å². The van der Waals surface area contributed by atoms with Crippen LogP contribution in [0.4, 0.5) is 5.69 Å². The van der Waals surface area contributed by atoms with Crippen molar-refractivity contribution in [2.24, 2.45) is 17.6 Å². The van der Waals surface area contributed by atoms with Crippen LogP contribution in [0, 0.1) is 11.8 Å². The van der Waals surface area contributed by atoms with Gasteiger partial charge in [-0.25, -0.2) is 0 Å². The summed E-state index contributed by atoms with van der Waals surface area (Å²) in [6.07, 6.45) is 6.96. The lowest BCUT2D eigenvalue weighted by atomic mass is 9.99. The molecule has 0 aliphatic carbocycles. The fraction of sp³-hybridized carbons (Fsp3) is 0.600. The van der Waals surface area contributed by atoms with E-state index in [4.69, 9.17) is 17.3 Å². The van der Waals surface area contributed by atoms with Gasteiger partial charge in [0.15, 0.2) is 0 Å². The van der Waals surface area contributed by atoms with Crippen molar-refractivity contribution < 1.29 is 0 Å². The largest absolute Gasteiger partial charge is 0.367 e. The van der Waals surface area contributed by atoms with Gasteiger partial charge in [0, 0.05) is 42.4 Å². The average Bonchev–Trinajstić information content (AvgIpc) is 2.79. The number of likely N-dealkylation sites (tertiary alicyclic amines) is 1. The van der Waals surface area contributed by atoms with Gasteiger partial charge in [0.1, 0.15) is 0 Å². The molecule has 1 saturated heterocycles. The zero-order valence-electron chi connectivity index (χ0n) is 21.8. The molecule has 0 spiro atoms. The Morgan fingerprint density at radius 1 is 0.941 bits per heavy atom. The smallest absolute Gasteiger partial charge is 0.0417 e. The zero-order chi connectivity index (χ0) is 24.5. The second-order valence-corrected chi connectivity index (χ2v) is 11.6. The Morgan fingerprint density at radius 3 is 2.15 bits per heavy atom. The van der Waals surface area contributed by atoms with Crippen LogP contribution in [0.5, 0.6) is 0 Å².